The average molecular weight is 268 g/mol. The summed E-state index contributed by atoms with van der Waals surface area (Å²) in [6, 6.07) is 0.401. The minimum atomic E-state index is -0.526. The number of carbonyl (C=O) groups is 1. The van der Waals surface area contributed by atoms with Crippen LogP contribution in [0.5, 0.6) is 0 Å². The molecule has 0 heterocycles. The van der Waals surface area contributed by atoms with E-state index in [1.165, 1.54) is 19.3 Å². The van der Waals surface area contributed by atoms with Gasteiger partial charge in [-0.1, -0.05) is 44.3 Å². The Morgan fingerprint density at radius 2 is 1.72 bits per heavy atom. The molecule has 2 aliphatic carbocycles. The standard InChI is InChI=1S/C14H24N2OS/c1-16(11-7-3-2-4-8-11)13(17)14(12(15)18)9-5-6-10-14/h11H,2-10H2,1H3,(H2,15,18). The topological polar surface area (TPSA) is 46.3 Å². The Morgan fingerprint density at radius 1 is 1.17 bits per heavy atom. The molecular weight excluding hydrogens is 244 g/mol. The van der Waals surface area contributed by atoms with Crippen molar-refractivity contribution >= 4 is 23.1 Å². The van der Waals surface area contributed by atoms with Crippen molar-refractivity contribution in [2.45, 2.75) is 63.8 Å². The van der Waals surface area contributed by atoms with Crippen molar-refractivity contribution in [3.8, 4) is 0 Å². The van der Waals surface area contributed by atoms with E-state index in [-0.39, 0.29) is 5.91 Å². The van der Waals surface area contributed by atoms with Crippen LogP contribution in [0.25, 0.3) is 0 Å². The maximum absolute atomic E-state index is 12.8. The first kappa shape index (κ1) is 13.8. The van der Waals surface area contributed by atoms with Crippen molar-refractivity contribution in [1.29, 1.82) is 0 Å². The Labute approximate surface area is 115 Å². The van der Waals surface area contributed by atoms with Gasteiger partial charge in [-0.2, -0.15) is 0 Å². The summed E-state index contributed by atoms with van der Waals surface area (Å²) in [5, 5.41) is 0. The van der Waals surface area contributed by atoms with Gasteiger partial charge >= 0.3 is 0 Å². The molecule has 102 valence electrons. The Morgan fingerprint density at radius 3 is 2.22 bits per heavy atom. The summed E-state index contributed by atoms with van der Waals surface area (Å²) in [4.78, 5) is 15.1. The monoisotopic (exact) mass is 268 g/mol. The molecule has 0 unspecified atom stereocenters. The SMILES string of the molecule is CN(C(=O)C1(C(N)=S)CCCC1)C1CCCCC1. The maximum atomic E-state index is 12.8. The molecule has 0 bridgehead atoms. The van der Waals surface area contributed by atoms with Gasteiger partial charge in [0.05, 0.1) is 10.4 Å². The molecule has 2 saturated carbocycles. The average Bonchev–Trinajstić information content (AvgIpc) is 2.88. The molecule has 4 heteroatoms. The third kappa shape index (κ3) is 2.40. The normalized spacial score (nSPS) is 23.8. The highest BCUT2D eigenvalue weighted by Gasteiger charge is 2.46. The van der Waals surface area contributed by atoms with E-state index in [9.17, 15) is 4.79 Å². The number of hydrogen-bond acceptors (Lipinski definition) is 2. The van der Waals surface area contributed by atoms with Gasteiger partial charge in [-0.15, -0.1) is 0 Å². The molecule has 0 aromatic heterocycles. The van der Waals surface area contributed by atoms with E-state index in [0.717, 1.165) is 38.5 Å². The largest absolute Gasteiger partial charge is 0.392 e. The van der Waals surface area contributed by atoms with Gasteiger partial charge in [-0.3, -0.25) is 4.79 Å². The molecule has 0 aromatic carbocycles. The molecule has 2 N–H and O–H groups in total. The predicted octanol–water partition coefficient (Wildman–Crippen LogP) is 2.62. The minimum Gasteiger partial charge on any atom is -0.392 e. The van der Waals surface area contributed by atoms with Gasteiger partial charge < -0.3 is 10.6 Å². The van der Waals surface area contributed by atoms with Crippen LogP contribution in [0.2, 0.25) is 0 Å². The van der Waals surface area contributed by atoms with E-state index in [1.807, 2.05) is 11.9 Å². The first-order valence-corrected chi connectivity index (χ1v) is 7.56. The molecule has 0 spiro atoms. The quantitative estimate of drug-likeness (QED) is 0.800. The predicted molar refractivity (Wildman–Crippen MR) is 77.3 cm³/mol. The maximum Gasteiger partial charge on any atom is 0.235 e. The Kier molecular flexibility index (Phi) is 4.25. The van der Waals surface area contributed by atoms with Crippen LogP contribution in [0.1, 0.15) is 57.8 Å². The van der Waals surface area contributed by atoms with Crippen molar-refractivity contribution < 1.29 is 4.79 Å². The number of carbonyl (C=O) groups excluding carboxylic acids is 1. The molecule has 0 atom stereocenters. The van der Waals surface area contributed by atoms with Crippen molar-refractivity contribution in [1.82, 2.24) is 4.90 Å². The second-order valence-electron chi connectivity index (χ2n) is 5.86. The fourth-order valence-corrected chi connectivity index (χ4v) is 3.81. The van der Waals surface area contributed by atoms with Gasteiger partial charge in [0.2, 0.25) is 5.91 Å². The summed E-state index contributed by atoms with van der Waals surface area (Å²) in [6.07, 6.45) is 9.88. The first-order valence-electron chi connectivity index (χ1n) is 7.15. The minimum absolute atomic E-state index is 0.180. The Hall–Kier alpha value is -0.640. The number of hydrogen-bond donors (Lipinski definition) is 1. The van der Waals surface area contributed by atoms with Crippen LogP contribution < -0.4 is 5.73 Å². The van der Waals surface area contributed by atoms with Crippen LogP contribution in [0.4, 0.5) is 0 Å². The van der Waals surface area contributed by atoms with E-state index in [0.29, 0.717) is 11.0 Å². The Balaban J connectivity index is 2.10. The molecule has 0 aromatic rings. The molecule has 2 aliphatic rings. The van der Waals surface area contributed by atoms with Crippen molar-refractivity contribution in [2.75, 3.05) is 7.05 Å². The summed E-state index contributed by atoms with van der Waals surface area (Å²) >= 11 is 5.19. The van der Waals surface area contributed by atoms with Gasteiger partial charge in [-0.25, -0.2) is 0 Å². The van der Waals surface area contributed by atoms with Crippen molar-refractivity contribution in [3.63, 3.8) is 0 Å². The zero-order valence-corrected chi connectivity index (χ0v) is 12.1. The highest BCUT2D eigenvalue weighted by Crippen LogP contribution is 2.41. The van der Waals surface area contributed by atoms with Crippen LogP contribution in [0, 0.1) is 5.41 Å². The fourth-order valence-electron chi connectivity index (χ4n) is 3.52. The van der Waals surface area contributed by atoms with Crippen LogP contribution in [-0.2, 0) is 4.79 Å². The summed E-state index contributed by atoms with van der Waals surface area (Å²) < 4.78 is 0. The lowest BCUT2D eigenvalue weighted by molar-refractivity contribution is -0.139. The third-order valence-corrected chi connectivity index (χ3v) is 5.17. The summed E-state index contributed by atoms with van der Waals surface area (Å²) in [5.74, 6) is 0.180. The zero-order chi connectivity index (χ0) is 13.2. The van der Waals surface area contributed by atoms with Gasteiger partial charge in [-0.05, 0) is 25.7 Å². The van der Waals surface area contributed by atoms with Crippen LogP contribution in [-0.4, -0.2) is 28.9 Å². The van der Waals surface area contributed by atoms with Crippen molar-refractivity contribution in [2.24, 2.45) is 11.1 Å². The molecule has 18 heavy (non-hydrogen) atoms. The molecule has 3 nitrogen and oxygen atoms in total. The lowest BCUT2D eigenvalue weighted by Gasteiger charge is -2.37. The zero-order valence-electron chi connectivity index (χ0n) is 11.3. The molecule has 0 saturated heterocycles. The molecule has 2 rings (SSSR count). The molecule has 0 radical (unpaired) electrons. The number of nitrogens with zero attached hydrogens (tertiary/aromatic N) is 1. The number of nitrogens with two attached hydrogens (primary N) is 1. The van der Waals surface area contributed by atoms with Gasteiger partial charge in [0, 0.05) is 13.1 Å². The molecule has 0 aliphatic heterocycles. The summed E-state index contributed by atoms with van der Waals surface area (Å²) in [5.41, 5.74) is 5.36. The summed E-state index contributed by atoms with van der Waals surface area (Å²) in [6.45, 7) is 0. The number of rotatable bonds is 3. The molecule has 1 amide bonds. The fraction of sp³-hybridized carbons (Fsp3) is 0.857. The van der Waals surface area contributed by atoms with Gasteiger partial charge in [0.1, 0.15) is 0 Å². The second kappa shape index (κ2) is 5.55. The van der Waals surface area contributed by atoms with Gasteiger partial charge in [0.25, 0.3) is 0 Å². The highest BCUT2D eigenvalue weighted by molar-refractivity contribution is 7.80. The molecule has 2 fully saturated rings. The lowest BCUT2D eigenvalue weighted by Crippen LogP contribution is -2.51. The van der Waals surface area contributed by atoms with Crippen LogP contribution >= 0.6 is 12.2 Å². The Bertz CT molecular complexity index is 331. The smallest absolute Gasteiger partial charge is 0.235 e. The lowest BCUT2D eigenvalue weighted by atomic mass is 9.83. The third-order valence-electron chi connectivity index (χ3n) is 4.78. The van der Waals surface area contributed by atoms with E-state index >= 15 is 0 Å². The number of amides is 1. The first-order chi connectivity index (χ1) is 8.58. The highest BCUT2D eigenvalue weighted by atomic mass is 32.1. The van der Waals surface area contributed by atoms with Crippen molar-refractivity contribution in [3.05, 3.63) is 0 Å². The van der Waals surface area contributed by atoms with E-state index in [2.05, 4.69) is 0 Å². The van der Waals surface area contributed by atoms with Crippen LogP contribution in [0.3, 0.4) is 0 Å². The summed E-state index contributed by atoms with van der Waals surface area (Å²) in [7, 11) is 1.94. The van der Waals surface area contributed by atoms with Crippen LogP contribution in [0.15, 0.2) is 0 Å². The van der Waals surface area contributed by atoms with E-state index in [4.69, 9.17) is 18.0 Å². The second-order valence-corrected chi connectivity index (χ2v) is 6.30. The number of thiocarbonyl (C=S) groups is 1. The van der Waals surface area contributed by atoms with E-state index < -0.39 is 5.41 Å². The van der Waals surface area contributed by atoms with E-state index in [1.54, 1.807) is 0 Å². The van der Waals surface area contributed by atoms with Gasteiger partial charge in [0.15, 0.2) is 0 Å². The molecular formula is C14H24N2OS.